The van der Waals surface area contributed by atoms with Crippen molar-refractivity contribution in [2.45, 2.75) is 91.2 Å². The van der Waals surface area contributed by atoms with Gasteiger partial charge in [0.1, 0.15) is 17.2 Å². The number of halogens is 1. The first-order chi connectivity index (χ1) is 20.7. The molecule has 9 heteroatoms. The molecule has 0 aliphatic heterocycles. The second-order valence-corrected chi connectivity index (χ2v) is 11.7. The van der Waals surface area contributed by atoms with E-state index < -0.39 is 11.4 Å². The first kappa shape index (κ1) is 30.1. The monoisotopic (exact) mass is 583 g/mol. The highest BCUT2D eigenvalue weighted by Gasteiger charge is 2.37. The Morgan fingerprint density at radius 1 is 1.19 bits per heavy atom. The highest BCUT2D eigenvalue weighted by atomic mass is 19.1. The van der Waals surface area contributed by atoms with Crippen molar-refractivity contribution in [3.05, 3.63) is 86.8 Å². The number of esters is 1. The van der Waals surface area contributed by atoms with Crippen molar-refractivity contribution in [3.63, 3.8) is 0 Å². The van der Waals surface area contributed by atoms with Crippen LogP contribution in [-0.4, -0.2) is 30.7 Å². The van der Waals surface area contributed by atoms with Gasteiger partial charge >= 0.3 is 5.97 Å². The van der Waals surface area contributed by atoms with Gasteiger partial charge in [-0.15, -0.1) is 0 Å². The Morgan fingerprint density at radius 3 is 2.58 bits per heavy atom. The van der Waals surface area contributed by atoms with E-state index in [0.717, 1.165) is 44.2 Å². The van der Waals surface area contributed by atoms with E-state index in [4.69, 9.17) is 4.74 Å². The summed E-state index contributed by atoms with van der Waals surface area (Å²) in [7, 11) is 0. The van der Waals surface area contributed by atoms with Gasteiger partial charge in [-0.25, -0.2) is 8.91 Å². The van der Waals surface area contributed by atoms with E-state index >= 15 is 4.39 Å². The number of fused-ring (bicyclic) bond motifs is 1. The largest absolute Gasteiger partial charge is 0.459 e. The van der Waals surface area contributed by atoms with Crippen LogP contribution in [0.5, 0.6) is 0 Å². The van der Waals surface area contributed by atoms with Crippen LogP contribution in [0.2, 0.25) is 0 Å². The van der Waals surface area contributed by atoms with Crippen LogP contribution < -0.4 is 5.56 Å². The maximum atomic E-state index is 15.6. The number of nitriles is 1. The van der Waals surface area contributed by atoms with E-state index in [2.05, 4.69) is 16.2 Å². The van der Waals surface area contributed by atoms with Gasteiger partial charge in [0.05, 0.1) is 17.3 Å². The smallest absolute Gasteiger partial charge is 0.303 e. The molecule has 0 bridgehead atoms. The number of benzene rings is 2. The van der Waals surface area contributed by atoms with E-state index in [1.165, 1.54) is 13.0 Å². The Bertz CT molecular complexity index is 1760. The fraction of sp³-hybridized carbons (Fsp3) is 0.441. The van der Waals surface area contributed by atoms with E-state index in [1.54, 1.807) is 39.4 Å². The normalized spacial score (nSPS) is 18.5. The maximum Gasteiger partial charge on any atom is 0.303 e. The molecule has 2 heterocycles. The fourth-order valence-electron chi connectivity index (χ4n) is 6.46. The molecule has 2 aromatic carbocycles. The number of carbonyl (C=O) groups excluding carboxylic acids is 1. The van der Waals surface area contributed by atoms with Crippen LogP contribution in [0.1, 0.15) is 87.5 Å². The van der Waals surface area contributed by atoms with Gasteiger partial charge in [0.25, 0.3) is 5.56 Å². The highest BCUT2D eigenvalue weighted by molar-refractivity contribution is 5.70. The molecule has 1 saturated carbocycles. The minimum atomic E-state index is -0.443. The molecular formula is C34H38FN5O3. The molecule has 1 aliphatic rings. The average molecular weight is 584 g/mol. The second-order valence-electron chi connectivity index (χ2n) is 11.7. The lowest BCUT2D eigenvalue weighted by Gasteiger charge is -2.39. The highest BCUT2D eigenvalue weighted by Crippen LogP contribution is 2.38. The van der Waals surface area contributed by atoms with Crippen molar-refractivity contribution in [3.8, 4) is 17.2 Å². The van der Waals surface area contributed by atoms with Gasteiger partial charge in [0.2, 0.25) is 5.78 Å². The van der Waals surface area contributed by atoms with Gasteiger partial charge in [0, 0.05) is 25.5 Å². The van der Waals surface area contributed by atoms with Crippen molar-refractivity contribution in [2.24, 2.45) is 5.92 Å². The van der Waals surface area contributed by atoms with Crippen LogP contribution in [0.4, 0.5) is 4.39 Å². The third-order valence-corrected chi connectivity index (χ3v) is 8.77. The second kappa shape index (κ2) is 12.5. The number of rotatable bonds is 9. The standard InChI is InChI=1S/C34H38FN5O3/c1-5-9-31-29(18-26-13-12-25(19-30(26)35)28-11-8-7-10-27(28)20-36)32(42)39(33-37-22(3)38-40(31)33)21-24-14-16-34(6-2,17-15-24)43-23(4)41/h7-8,10-13,19,24H,5-6,9,14-18,21H2,1-4H3. The summed E-state index contributed by atoms with van der Waals surface area (Å²) in [5, 5.41) is 14.2. The van der Waals surface area contributed by atoms with Crippen LogP contribution in [0.3, 0.4) is 0 Å². The van der Waals surface area contributed by atoms with Crippen LogP contribution in [-0.2, 0) is 28.9 Å². The number of hydrogen-bond acceptors (Lipinski definition) is 6. The molecule has 0 unspecified atom stereocenters. The maximum absolute atomic E-state index is 15.6. The minimum Gasteiger partial charge on any atom is -0.459 e. The number of nitrogens with zero attached hydrogens (tertiary/aromatic N) is 5. The Balaban J connectivity index is 1.51. The summed E-state index contributed by atoms with van der Waals surface area (Å²) in [6, 6.07) is 14.2. The average Bonchev–Trinajstić information content (AvgIpc) is 3.39. The summed E-state index contributed by atoms with van der Waals surface area (Å²) in [5.41, 5.74) is 2.81. The molecule has 2 aromatic heterocycles. The third-order valence-electron chi connectivity index (χ3n) is 8.77. The lowest BCUT2D eigenvalue weighted by atomic mass is 9.77. The molecule has 0 amide bonds. The number of ether oxygens (including phenoxy) is 1. The summed E-state index contributed by atoms with van der Waals surface area (Å²) in [6.07, 6.45) is 5.40. The number of aryl methyl sites for hydroxylation is 2. The lowest BCUT2D eigenvalue weighted by molar-refractivity contribution is -0.162. The van der Waals surface area contributed by atoms with Crippen LogP contribution in [0, 0.1) is 30.0 Å². The summed E-state index contributed by atoms with van der Waals surface area (Å²) < 4.78 is 24.8. The zero-order chi connectivity index (χ0) is 30.7. The molecule has 0 spiro atoms. The van der Waals surface area contributed by atoms with Gasteiger partial charge in [-0.2, -0.15) is 15.3 Å². The fourth-order valence-corrected chi connectivity index (χ4v) is 6.46. The van der Waals surface area contributed by atoms with Gasteiger partial charge in [-0.3, -0.25) is 14.2 Å². The predicted octanol–water partition coefficient (Wildman–Crippen LogP) is 6.32. The molecular weight excluding hydrogens is 545 g/mol. The first-order valence-electron chi connectivity index (χ1n) is 15.1. The van der Waals surface area contributed by atoms with E-state index in [0.29, 0.717) is 52.4 Å². The molecule has 0 saturated heterocycles. The van der Waals surface area contributed by atoms with Crippen LogP contribution in [0.15, 0.2) is 47.3 Å². The van der Waals surface area contributed by atoms with Crippen molar-refractivity contribution in [1.82, 2.24) is 19.2 Å². The summed E-state index contributed by atoms with van der Waals surface area (Å²) >= 11 is 0. The Labute approximate surface area is 251 Å². The quantitative estimate of drug-likeness (QED) is 0.214. The Morgan fingerprint density at radius 2 is 1.93 bits per heavy atom. The lowest BCUT2D eigenvalue weighted by Crippen LogP contribution is -2.40. The SMILES string of the molecule is CCCc1c(Cc2ccc(-c3ccccc3C#N)cc2F)c(=O)n(CC2CCC(CC)(OC(C)=O)CC2)c2nc(C)nn12. The Kier molecular flexibility index (Phi) is 8.77. The van der Waals surface area contributed by atoms with Crippen molar-refractivity contribution < 1.29 is 13.9 Å². The molecule has 4 aromatic rings. The minimum absolute atomic E-state index is 0.116. The zero-order valence-electron chi connectivity index (χ0n) is 25.3. The Hall–Kier alpha value is -4.32. The van der Waals surface area contributed by atoms with Gasteiger partial charge in [-0.05, 0) is 80.2 Å². The van der Waals surface area contributed by atoms with Crippen molar-refractivity contribution in [1.29, 1.82) is 5.26 Å². The molecule has 0 radical (unpaired) electrons. The predicted molar refractivity (Wildman–Crippen MR) is 162 cm³/mol. The molecule has 1 aliphatic carbocycles. The molecule has 0 N–H and O–H groups in total. The summed E-state index contributed by atoms with van der Waals surface area (Å²) in [4.78, 5) is 30.6. The summed E-state index contributed by atoms with van der Waals surface area (Å²) in [5.74, 6) is 0.587. The molecule has 1 fully saturated rings. The molecule has 0 atom stereocenters. The van der Waals surface area contributed by atoms with Crippen molar-refractivity contribution in [2.75, 3.05) is 0 Å². The van der Waals surface area contributed by atoms with Gasteiger partial charge in [-0.1, -0.05) is 50.6 Å². The number of hydrogen-bond donors (Lipinski definition) is 0. The van der Waals surface area contributed by atoms with E-state index in [9.17, 15) is 14.9 Å². The first-order valence-corrected chi connectivity index (χ1v) is 15.1. The van der Waals surface area contributed by atoms with E-state index in [-0.39, 0.29) is 23.9 Å². The van der Waals surface area contributed by atoms with Crippen molar-refractivity contribution >= 4 is 11.7 Å². The van der Waals surface area contributed by atoms with Crippen LogP contribution in [0.25, 0.3) is 16.9 Å². The van der Waals surface area contributed by atoms with E-state index in [1.807, 2.05) is 26.8 Å². The van der Waals surface area contributed by atoms with Crippen LogP contribution >= 0.6 is 0 Å². The topological polar surface area (TPSA) is 102 Å². The molecule has 8 nitrogen and oxygen atoms in total. The molecule has 5 rings (SSSR count). The zero-order valence-corrected chi connectivity index (χ0v) is 25.3. The number of carbonyl (C=O) groups is 1. The molecule has 224 valence electrons. The van der Waals surface area contributed by atoms with Gasteiger partial charge in [0.15, 0.2) is 0 Å². The van der Waals surface area contributed by atoms with Gasteiger partial charge < -0.3 is 4.74 Å². The molecule has 43 heavy (non-hydrogen) atoms. The third kappa shape index (κ3) is 6.10. The number of aromatic nitrogens is 4. The summed E-state index contributed by atoms with van der Waals surface area (Å²) in [6.45, 7) is 7.81.